The third-order valence-electron chi connectivity index (χ3n) is 8.08. The van der Waals surface area contributed by atoms with E-state index >= 15 is 0 Å². The molecular formula is C27H26F3IN4O3S. The van der Waals surface area contributed by atoms with Crippen LogP contribution in [0.5, 0.6) is 0 Å². The van der Waals surface area contributed by atoms with Gasteiger partial charge in [0.25, 0.3) is 0 Å². The topological polar surface area (TPSA) is 75.6 Å². The minimum Gasteiger partial charge on any atom is -0.375 e. The second-order valence-corrected chi connectivity index (χ2v) is 13.5. The number of ether oxygens (including phenoxy) is 1. The van der Waals surface area contributed by atoms with E-state index in [9.17, 15) is 22.8 Å². The molecule has 3 aromatic rings. The first-order valence-electron chi connectivity index (χ1n) is 12.7. The predicted molar refractivity (Wildman–Crippen MR) is 148 cm³/mol. The molecule has 0 aromatic carbocycles. The predicted octanol–water partition coefficient (Wildman–Crippen LogP) is 5.42. The van der Waals surface area contributed by atoms with E-state index in [-0.39, 0.29) is 47.4 Å². The highest BCUT2D eigenvalue weighted by atomic mass is 127. The number of alkyl halides is 3. The van der Waals surface area contributed by atoms with Crippen molar-refractivity contribution in [1.29, 1.82) is 0 Å². The van der Waals surface area contributed by atoms with Crippen molar-refractivity contribution in [2.75, 3.05) is 19.7 Å². The summed E-state index contributed by atoms with van der Waals surface area (Å²) < 4.78 is 50.2. The molecule has 0 radical (unpaired) electrons. The molecule has 0 N–H and O–H groups in total. The van der Waals surface area contributed by atoms with E-state index in [1.807, 2.05) is 13.8 Å². The van der Waals surface area contributed by atoms with Crippen LogP contribution in [0.4, 0.5) is 13.2 Å². The lowest BCUT2D eigenvalue weighted by Crippen LogP contribution is -2.38. The number of pyridine rings is 2. The van der Waals surface area contributed by atoms with Gasteiger partial charge in [-0.15, -0.1) is 11.3 Å². The fraction of sp³-hybridized carbons (Fsp3) is 0.481. The van der Waals surface area contributed by atoms with Gasteiger partial charge < -0.3 is 4.74 Å². The van der Waals surface area contributed by atoms with Crippen LogP contribution in [0, 0.1) is 24.2 Å². The molecule has 7 nitrogen and oxygen atoms in total. The van der Waals surface area contributed by atoms with Gasteiger partial charge in [-0.05, 0) is 41.7 Å². The fourth-order valence-corrected chi connectivity index (χ4v) is 7.68. The zero-order valence-electron chi connectivity index (χ0n) is 21.5. The number of thiophene rings is 1. The molecule has 3 aromatic heterocycles. The smallest absolute Gasteiger partial charge is 0.375 e. The number of carbonyl (C=O) groups is 2. The third-order valence-corrected chi connectivity index (χ3v) is 10.1. The first-order valence-corrected chi connectivity index (χ1v) is 14.5. The number of likely N-dealkylation sites (tertiary alicyclic amines) is 1. The van der Waals surface area contributed by atoms with Crippen LogP contribution in [-0.2, 0) is 33.5 Å². The molecule has 5 heterocycles. The van der Waals surface area contributed by atoms with Crippen molar-refractivity contribution in [3.05, 3.63) is 46.1 Å². The molecule has 3 aliphatic rings. The summed E-state index contributed by atoms with van der Waals surface area (Å²) in [6.45, 7) is 7.67. The van der Waals surface area contributed by atoms with Crippen molar-refractivity contribution in [3.8, 4) is 11.3 Å². The maximum absolute atomic E-state index is 13.8. The van der Waals surface area contributed by atoms with E-state index in [0.29, 0.717) is 46.5 Å². The number of halogens is 4. The van der Waals surface area contributed by atoms with Gasteiger partial charge in [-0.2, -0.15) is 13.2 Å². The molecule has 2 saturated heterocycles. The van der Waals surface area contributed by atoms with Gasteiger partial charge >= 0.3 is 6.18 Å². The summed E-state index contributed by atoms with van der Waals surface area (Å²) >= 11 is 3.56. The third kappa shape index (κ3) is 4.66. The van der Waals surface area contributed by atoms with Gasteiger partial charge in [0.1, 0.15) is 5.69 Å². The summed E-state index contributed by atoms with van der Waals surface area (Å²) in [7, 11) is 0. The first kappa shape index (κ1) is 27.0. The molecule has 0 spiro atoms. The van der Waals surface area contributed by atoms with Crippen LogP contribution in [0.25, 0.3) is 21.5 Å². The number of carbonyl (C=O) groups excluding carboxylic acids is 2. The number of imide groups is 1. The normalized spacial score (nSPS) is 25.0. The Bertz CT molecular complexity index is 1480. The van der Waals surface area contributed by atoms with Crippen molar-refractivity contribution >= 4 is 56.2 Å². The maximum atomic E-state index is 13.8. The van der Waals surface area contributed by atoms with Crippen molar-refractivity contribution in [2.45, 2.75) is 46.0 Å². The lowest BCUT2D eigenvalue weighted by Gasteiger charge is -2.29. The van der Waals surface area contributed by atoms with Gasteiger partial charge in [-0.3, -0.25) is 19.5 Å². The molecular weight excluding hydrogens is 644 g/mol. The first-order chi connectivity index (χ1) is 18.4. The number of rotatable bonds is 5. The van der Waals surface area contributed by atoms with Gasteiger partial charge in [0.15, 0.2) is 0 Å². The molecule has 206 valence electrons. The van der Waals surface area contributed by atoms with Gasteiger partial charge in [0.2, 0.25) is 11.8 Å². The molecule has 39 heavy (non-hydrogen) atoms. The Morgan fingerprint density at radius 1 is 1.21 bits per heavy atom. The van der Waals surface area contributed by atoms with E-state index in [4.69, 9.17) is 4.74 Å². The Balaban J connectivity index is 1.39. The number of morpholine rings is 1. The van der Waals surface area contributed by atoms with Crippen LogP contribution in [0.1, 0.15) is 35.5 Å². The quantitative estimate of drug-likeness (QED) is 0.205. The van der Waals surface area contributed by atoms with E-state index in [2.05, 4.69) is 35.9 Å². The Hall–Kier alpha value is -2.16. The summed E-state index contributed by atoms with van der Waals surface area (Å²) in [6, 6.07) is 4.58. The SMILES string of the molecule is Cc1cc(C(F)(F)F)nc(-c2ccnc3cc(CN4C(=O)C5C(C4=O)C5(C)C)sc23)c1C[C@@H]1CN(I)CCO1. The van der Waals surface area contributed by atoms with Crippen molar-refractivity contribution in [3.63, 3.8) is 0 Å². The molecule has 1 aliphatic carbocycles. The molecule has 3 atom stereocenters. The van der Waals surface area contributed by atoms with E-state index in [0.717, 1.165) is 17.5 Å². The summed E-state index contributed by atoms with van der Waals surface area (Å²) in [5.41, 5.74) is 1.36. The molecule has 1 saturated carbocycles. The monoisotopic (exact) mass is 670 g/mol. The molecule has 12 heteroatoms. The van der Waals surface area contributed by atoms with Crippen LogP contribution in [0.2, 0.25) is 0 Å². The van der Waals surface area contributed by atoms with E-state index in [1.165, 1.54) is 16.2 Å². The van der Waals surface area contributed by atoms with E-state index in [1.54, 1.807) is 25.3 Å². The summed E-state index contributed by atoms with van der Waals surface area (Å²) in [5, 5.41) is 0. The number of hydrogen-bond acceptors (Lipinski definition) is 7. The highest BCUT2D eigenvalue weighted by Gasteiger charge is 2.72. The molecule has 3 fully saturated rings. The fourth-order valence-electron chi connectivity index (χ4n) is 5.93. The highest BCUT2D eigenvalue weighted by Crippen LogP contribution is 2.63. The maximum Gasteiger partial charge on any atom is 0.433 e. The minimum atomic E-state index is -4.60. The standard InChI is InChI=1S/C27H26F3IN4O3S/c1-13-8-19(27(28,29)30)33-22(17(13)9-14-11-34(31)6-7-38-14)16-4-5-32-18-10-15(39-23(16)18)12-35-24(36)20-21(25(35)37)26(20,2)3/h4-5,8,10,14,20-21H,6-7,9,11-12H2,1-3H3/t14-,20?,21?/m1/s1. The summed E-state index contributed by atoms with van der Waals surface area (Å²) in [5.74, 6) is -0.855. The number of amides is 2. The van der Waals surface area contributed by atoms with Crippen LogP contribution in [0.15, 0.2) is 24.4 Å². The number of hydrogen-bond donors (Lipinski definition) is 0. The zero-order chi connectivity index (χ0) is 27.9. The molecule has 2 unspecified atom stereocenters. The lowest BCUT2D eigenvalue weighted by molar-refractivity contribution is -0.144. The van der Waals surface area contributed by atoms with Crippen molar-refractivity contribution in [1.82, 2.24) is 18.0 Å². The number of aromatic nitrogens is 2. The largest absolute Gasteiger partial charge is 0.433 e. The second kappa shape index (κ2) is 9.45. The Morgan fingerprint density at radius 2 is 1.92 bits per heavy atom. The van der Waals surface area contributed by atoms with Crippen molar-refractivity contribution in [2.24, 2.45) is 17.3 Å². The molecule has 6 rings (SSSR count). The lowest BCUT2D eigenvalue weighted by atomic mass is 9.95. The minimum absolute atomic E-state index is 0.129. The second-order valence-electron chi connectivity index (χ2n) is 11.0. The molecule has 0 bridgehead atoms. The average Bonchev–Trinajstić information content (AvgIpc) is 3.09. The Morgan fingerprint density at radius 3 is 2.59 bits per heavy atom. The van der Waals surface area contributed by atoms with Crippen molar-refractivity contribution < 1.29 is 27.5 Å². The highest BCUT2D eigenvalue weighted by molar-refractivity contribution is 14.1. The Labute approximate surface area is 241 Å². The zero-order valence-corrected chi connectivity index (χ0v) is 24.5. The summed E-state index contributed by atoms with van der Waals surface area (Å²) in [4.78, 5) is 36.4. The van der Waals surface area contributed by atoms with E-state index < -0.39 is 11.9 Å². The van der Waals surface area contributed by atoms with Crippen LogP contribution < -0.4 is 0 Å². The number of nitrogens with zero attached hydrogens (tertiary/aromatic N) is 4. The van der Waals surface area contributed by atoms with Gasteiger partial charge in [0.05, 0.1) is 47.0 Å². The molecule has 2 amide bonds. The summed E-state index contributed by atoms with van der Waals surface area (Å²) in [6.07, 6.45) is -2.80. The Kier molecular flexibility index (Phi) is 6.55. The van der Waals surface area contributed by atoms with Crippen LogP contribution in [0.3, 0.4) is 0 Å². The van der Waals surface area contributed by atoms with Crippen LogP contribution >= 0.6 is 34.2 Å². The van der Waals surface area contributed by atoms with Crippen LogP contribution in [-0.4, -0.2) is 55.6 Å². The van der Waals surface area contributed by atoms with Gasteiger partial charge in [-0.1, -0.05) is 13.8 Å². The van der Waals surface area contributed by atoms with Gasteiger partial charge in [0, 0.05) is 59.0 Å². The number of piperidine rings is 1. The molecule has 2 aliphatic heterocycles. The number of fused-ring (bicyclic) bond motifs is 2. The van der Waals surface area contributed by atoms with Gasteiger partial charge in [-0.25, -0.2) is 8.10 Å². The number of aryl methyl sites for hydroxylation is 1. The average molecular weight is 670 g/mol.